The molecule has 0 unspecified atom stereocenters. The van der Waals surface area contributed by atoms with E-state index in [0.717, 1.165) is 22.0 Å². The predicted octanol–water partition coefficient (Wildman–Crippen LogP) is 3.21. The van der Waals surface area contributed by atoms with Crippen molar-refractivity contribution in [2.75, 3.05) is 13.1 Å². The quantitative estimate of drug-likeness (QED) is 0.665. The van der Waals surface area contributed by atoms with Gasteiger partial charge >= 0.3 is 6.18 Å². The van der Waals surface area contributed by atoms with Gasteiger partial charge in [-0.3, -0.25) is 0 Å². The maximum Gasteiger partial charge on any atom is 0.417 e. The van der Waals surface area contributed by atoms with Crippen LogP contribution in [0.4, 0.5) is 13.2 Å². The molecule has 0 radical (unpaired) electrons. The number of halogens is 3. The molecule has 1 aliphatic heterocycles. The van der Waals surface area contributed by atoms with Crippen molar-refractivity contribution in [2.24, 2.45) is 0 Å². The van der Waals surface area contributed by atoms with E-state index in [1.807, 2.05) is 30.3 Å². The van der Waals surface area contributed by atoms with Crippen LogP contribution in [0, 0.1) is 0 Å². The molecule has 1 aromatic heterocycles. The molecule has 2 heterocycles. The van der Waals surface area contributed by atoms with Gasteiger partial charge in [0.2, 0.25) is 10.0 Å². The summed E-state index contributed by atoms with van der Waals surface area (Å²) in [5.41, 5.74) is 0.353. The van der Waals surface area contributed by atoms with Crippen LogP contribution in [-0.4, -0.2) is 40.8 Å². The Bertz CT molecular complexity index is 1090. The first-order valence-corrected chi connectivity index (χ1v) is 9.84. The number of aromatic nitrogens is 3. The molecule has 6 nitrogen and oxygen atoms in total. The number of alkyl halides is 3. The van der Waals surface area contributed by atoms with Crippen LogP contribution in [0.15, 0.2) is 65.7 Å². The molecule has 146 valence electrons. The van der Waals surface area contributed by atoms with Gasteiger partial charge in [0.1, 0.15) is 5.69 Å². The Kier molecular flexibility index (Phi) is 4.47. The third-order valence-corrected chi connectivity index (χ3v) is 6.48. The Morgan fingerprint density at radius 3 is 2.29 bits per heavy atom. The Balaban J connectivity index is 1.52. The van der Waals surface area contributed by atoms with Gasteiger partial charge in [-0.25, -0.2) is 13.1 Å². The van der Waals surface area contributed by atoms with Gasteiger partial charge < -0.3 is 0 Å². The van der Waals surface area contributed by atoms with Gasteiger partial charge in [0.15, 0.2) is 0 Å². The number of benzene rings is 2. The predicted molar refractivity (Wildman–Crippen MR) is 94.7 cm³/mol. The van der Waals surface area contributed by atoms with Gasteiger partial charge in [-0.1, -0.05) is 47.7 Å². The van der Waals surface area contributed by atoms with Crippen molar-refractivity contribution in [3.8, 4) is 11.3 Å². The summed E-state index contributed by atoms with van der Waals surface area (Å²) < 4.78 is 67.4. The second-order valence-corrected chi connectivity index (χ2v) is 8.33. The highest BCUT2D eigenvalue weighted by molar-refractivity contribution is 7.89. The van der Waals surface area contributed by atoms with Crippen molar-refractivity contribution in [1.29, 1.82) is 0 Å². The molecule has 1 saturated heterocycles. The molecule has 0 saturated carbocycles. The Morgan fingerprint density at radius 1 is 0.964 bits per heavy atom. The van der Waals surface area contributed by atoms with Crippen LogP contribution in [0.25, 0.3) is 11.3 Å². The summed E-state index contributed by atoms with van der Waals surface area (Å²) in [6.07, 6.45) is -3.04. The monoisotopic (exact) mass is 408 g/mol. The third kappa shape index (κ3) is 3.29. The lowest BCUT2D eigenvalue weighted by atomic mass is 10.1. The lowest BCUT2D eigenvalue weighted by Gasteiger charge is -2.38. The van der Waals surface area contributed by atoms with Gasteiger partial charge in [-0.2, -0.15) is 17.5 Å². The van der Waals surface area contributed by atoms with E-state index < -0.39 is 26.7 Å². The van der Waals surface area contributed by atoms with E-state index in [0.29, 0.717) is 5.69 Å². The first kappa shape index (κ1) is 18.6. The van der Waals surface area contributed by atoms with Gasteiger partial charge in [-0.05, 0) is 12.1 Å². The summed E-state index contributed by atoms with van der Waals surface area (Å²) in [6, 6.07) is 13.3. The third-order valence-electron chi connectivity index (χ3n) is 4.59. The van der Waals surface area contributed by atoms with Crippen LogP contribution in [-0.2, 0) is 16.2 Å². The molecular formula is C18H15F3N4O2S. The molecule has 2 aromatic carbocycles. The minimum absolute atomic E-state index is 0.0338. The minimum atomic E-state index is -4.75. The molecule has 3 aromatic rings. The molecule has 0 amide bonds. The average Bonchev–Trinajstić information content (AvgIpc) is 3.10. The highest BCUT2D eigenvalue weighted by Gasteiger charge is 2.43. The van der Waals surface area contributed by atoms with Crippen LogP contribution in [0.2, 0.25) is 0 Å². The zero-order chi connectivity index (χ0) is 19.9. The normalized spacial score (nSPS) is 16.1. The van der Waals surface area contributed by atoms with Crippen molar-refractivity contribution in [3.63, 3.8) is 0 Å². The molecule has 0 bridgehead atoms. The van der Waals surface area contributed by atoms with Crippen LogP contribution >= 0.6 is 0 Å². The summed E-state index contributed by atoms with van der Waals surface area (Å²) in [6.45, 7) is 0.0677. The molecule has 0 N–H and O–H groups in total. The Labute approximate surface area is 159 Å². The topological polar surface area (TPSA) is 68.1 Å². The summed E-state index contributed by atoms with van der Waals surface area (Å²) in [7, 11) is -4.25. The second-order valence-electron chi connectivity index (χ2n) is 6.42. The fraction of sp³-hybridized carbons (Fsp3) is 0.222. The van der Waals surface area contributed by atoms with E-state index in [4.69, 9.17) is 0 Å². The summed E-state index contributed by atoms with van der Waals surface area (Å²) >= 11 is 0. The molecule has 4 rings (SSSR count). The average molecular weight is 408 g/mol. The summed E-state index contributed by atoms with van der Waals surface area (Å²) in [5.74, 6) is 0. The van der Waals surface area contributed by atoms with Crippen LogP contribution in [0.1, 0.15) is 11.6 Å². The first-order chi connectivity index (χ1) is 13.3. The fourth-order valence-corrected chi connectivity index (χ4v) is 4.77. The van der Waals surface area contributed by atoms with Gasteiger partial charge in [0.05, 0.1) is 22.7 Å². The van der Waals surface area contributed by atoms with E-state index in [2.05, 4.69) is 10.3 Å². The van der Waals surface area contributed by atoms with Gasteiger partial charge in [0, 0.05) is 18.7 Å². The smallest absolute Gasteiger partial charge is 0.246 e. The molecule has 28 heavy (non-hydrogen) atoms. The van der Waals surface area contributed by atoms with Crippen molar-refractivity contribution in [1.82, 2.24) is 19.3 Å². The van der Waals surface area contributed by atoms with Crippen LogP contribution in [0.5, 0.6) is 0 Å². The van der Waals surface area contributed by atoms with E-state index in [1.165, 1.54) is 12.1 Å². The molecule has 0 atom stereocenters. The Morgan fingerprint density at radius 2 is 1.61 bits per heavy atom. The molecule has 10 heteroatoms. The van der Waals surface area contributed by atoms with E-state index in [1.54, 1.807) is 10.9 Å². The number of sulfonamides is 1. The van der Waals surface area contributed by atoms with E-state index >= 15 is 0 Å². The molecule has 1 aliphatic rings. The number of rotatable bonds is 4. The maximum atomic E-state index is 13.2. The standard InChI is InChI=1S/C18H15F3N4O2S/c19-18(20,21)15-8-4-5-9-17(15)28(26,27)24-10-14(11-24)25-12-16(22-23-25)13-6-2-1-3-7-13/h1-9,12,14H,10-11H2. The fourth-order valence-electron chi connectivity index (χ4n) is 3.04. The molecule has 0 aliphatic carbocycles. The number of hydrogen-bond acceptors (Lipinski definition) is 4. The highest BCUT2D eigenvalue weighted by Crippen LogP contribution is 2.37. The Hall–Kier alpha value is -2.72. The highest BCUT2D eigenvalue weighted by atomic mass is 32.2. The number of hydrogen-bond donors (Lipinski definition) is 0. The number of nitrogens with zero attached hydrogens (tertiary/aromatic N) is 4. The zero-order valence-electron chi connectivity index (χ0n) is 14.4. The van der Waals surface area contributed by atoms with Crippen molar-refractivity contribution in [3.05, 3.63) is 66.4 Å². The largest absolute Gasteiger partial charge is 0.417 e. The molecular weight excluding hydrogens is 393 g/mol. The maximum absolute atomic E-state index is 13.2. The molecule has 0 spiro atoms. The van der Waals surface area contributed by atoms with Crippen LogP contribution < -0.4 is 0 Å². The van der Waals surface area contributed by atoms with E-state index in [9.17, 15) is 21.6 Å². The van der Waals surface area contributed by atoms with Crippen molar-refractivity contribution in [2.45, 2.75) is 17.1 Å². The zero-order valence-corrected chi connectivity index (χ0v) is 15.2. The van der Waals surface area contributed by atoms with E-state index in [-0.39, 0.29) is 19.1 Å². The minimum Gasteiger partial charge on any atom is -0.246 e. The van der Waals surface area contributed by atoms with Crippen molar-refractivity contribution >= 4 is 10.0 Å². The van der Waals surface area contributed by atoms with Gasteiger partial charge in [-0.15, -0.1) is 5.10 Å². The summed E-state index contributed by atoms with van der Waals surface area (Å²) in [4.78, 5) is -0.732. The summed E-state index contributed by atoms with van der Waals surface area (Å²) in [5, 5.41) is 8.10. The SMILES string of the molecule is O=S(=O)(c1ccccc1C(F)(F)F)N1CC(n2cc(-c3ccccc3)nn2)C1. The van der Waals surface area contributed by atoms with Crippen molar-refractivity contribution < 1.29 is 21.6 Å². The second kappa shape index (κ2) is 6.71. The molecule has 1 fully saturated rings. The lowest BCUT2D eigenvalue weighted by Crippen LogP contribution is -2.51. The lowest BCUT2D eigenvalue weighted by molar-refractivity contribution is -0.139. The van der Waals surface area contributed by atoms with Crippen LogP contribution in [0.3, 0.4) is 0 Å². The van der Waals surface area contributed by atoms with Gasteiger partial charge in [0.25, 0.3) is 0 Å². The first-order valence-electron chi connectivity index (χ1n) is 8.40.